The Morgan fingerprint density at radius 1 is 1.17 bits per heavy atom. The molecule has 11 heteroatoms. The highest BCUT2D eigenvalue weighted by atomic mass is 32.2. The van der Waals surface area contributed by atoms with Crippen molar-refractivity contribution in [1.29, 1.82) is 0 Å². The molecule has 4 atom stereocenters. The molecule has 0 amide bonds. The normalized spacial score (nSPS) is 41.5. The minimum Gasteiger partial charge on any atom is -0.343 e. The molecule has 0 aliphatic carbocycles. The molecule has 0 spiro atoms. The molecule has 0 aromatic carbocycles. The fraction of sp³-hybridized carbons (Fsp3) is 1.00. The summed E-state index contributed by atoms with van der Waals surface area (Å²) in [5, 5.41) is 8.56. The monoisotopic (exact) mass is 355 g/mol. The van der Waals surface area contributed by atoms with Gasteiger partial charge in [0.15, 0.2) is 11.6 Å². The summed E-state index contributed by atoms with van der Waals surface area (Å²) in [4.78, 5) is 1.08. The molecule has 3 aliphatic rings. The molecule has 0 aromatic rings. The van der Waals surface area contributed by atoms with Crippen LogP contribution in [0, 0.1) is 0 Å². The van der Waals surface area contributed by atoms with Crippen molar-refractivity contribution in [1.82, 2.24) is 4.89 Å². The minimum absolute atomic E-state index is 0.125. The van der Waals surface area contributed by atoms with E-state index >= 15 is 0 Å². The maximum Gasteiger partial charge on any atom is 0.358 e. The van der Waals surface area contributed by atoms with Crippen LogP contribution < -0.4 is 4.89 Å². The van der Waals surface area contributed by atoms with Crippen LogP contribution in [0.4, 0.5) is 0 Å². The van der Waals surface area contributed by atoms with E-state index in [2.05, 4.69) is 0 Å². The van der Waals surface area contributed by atoms with Crippen molar-refractivity contribution in [2.75, 3.05) is 13.2 Å². The summed E-state index contributed by atoms with van der Waals surface area (Å²) in [5.41, 5.74) is 0. The molecule has 10 nitrogen and oxygen atoms in total. The molecule has 0 bridgehead atoms. The lowest BCUT2D eigenvalue weighted by Gasteiger charge is -2.40. The predicted octanol–water partition coefficient (Wildman–Crippen LogP) is -0.375. The number of rotatable bonds is 4. The van der Waals surface area contributed by atoms with Gasteiger partial charge in [0.25, 0.3) is 0 Å². The lowest BCUT2D eigenvalue weighted by atomic mass is 9.98. The minimum atomic E-state index is -4.33. The number of hydrogen-bond donors (Lipinski definition) is 2. The van der Waals surface area contributed by atoms with Gasteiger partial charge in [-0.15, -0.1) is 0 Å². The number of ether oxygens (including phenoxy) is 5. The Morgan fingerprint density at radius 3 is 2.52 bits per heavy atom. The van der Waals surface area contributed by atoms with Gasteiger partial charge in [0.05, 0.1) is 6.61 Å². The third-order valence-corrected chi connectivity index (χ3v) is 4.45. The Kier molecular flexibility index (Phi) is 4.03. The largest absolute Gasteiger partial charge is 0.358 e. The first-order valence-corrected chi connectivity index (χ1v) is 8.56. The molecule has 2 N–H and O–H groups in total. The molecule has 3 aliphatic heterocycles. The van der Waals surface area contributed by atoms with Crippen molar-refractivity contribution in [2.45, 2.75) is 63.4 Å². The molecule has 0 radical (unpaired) electrons. The average molecular weight is 355 g/mol. The second-order valence-corrected chi connectivity index (χ2v) is 7.94. The quantitative estimate of drug-likeness (QED) is 0.650. The van der Waals surface area contributed by atoms with Gasteiger partial charge >= 0.3 is 10.3 Å². The van der Waals surface area contributed by atoms with E-state index in [-0.39, 0.29) is 12.7 Å². The van der Waals surface area contributed by atoms with E-state index < -0.39 is 46.5 Å². The van der Waals surface area contributed by atoms with Gasteiger partial charge in [-0.1, -0.05) is 4.89 Å². The van der Waals surface area contributed by atoms with Crippen LogP contribution in [-0.4, -0.2) is 62.5 Å². The number of hydrogen-bond acceptors (Lipinski definition) is 9. The van der Waals surface area contributed by atoms with Crippen molar-refractivity contribution in [2.24, 2.45) is 0 Å². The van der Waals surface area contributed by atoms with Gasteiger partial charge in [0.1, 0.15) is 24.9 Å². The lowest BCUT2D eigenvalue weighted by molar-refractivity contribution is -0.290. The van der Waals surface area contributed by atoms with E-state index in [1.165, 1.54) is 0 Å². The summed E-state index contributed by atoms with van der Waals surface area (Å²) in [6.07, 6.45) is -1.63. The second-order valence-electron chi connectivity index (χ2n) is 6.61. The molecule has 3 fully saturated rings. The van der Waals surface area contributed by atoms with Crippen molar-refractivity contribution in [3.63, 3.8) is 0 Å². The molecule has 0 aromatic heterocycles. The van der Waals surface area contributed by atoms with E-state index in [0.29, 0.717) is 0 Å². The number of nitrogens with one attached hydrogen (secondary N) is 1. The van der Waals surface area contributed by atoms with Crippen LogP contribution in [0.1, 0.15) is 27.7 Å². The zero-order valence-corrected chi connectivity index (χ0v) is 14.1. The maximum absolute atomic E-state index is 11.3. The topological polar surface area (TPSA) is 122 Å². The summed E-state index contributed by atoms with van der Waals surface area (Å²) in [6, 6.07) is 0. The van der Waals surface area contributed by atoms with Gasteiger partial charge in [-0.25, -0.2) is 0 Å². The number of fused-ring (bicyclic) bond motifs is 3. The zero-order chi connectivity index (χ0) is 17.1. The first kappa shape index (κ1) is 17.5. The molecule has 3 heterocycles. The van der Waals surface area contributed by atoms with Gasteiger partial charge in [-0.05, 0) is 27.7 Å². The molecule has 0 saturated carbocycles. The third-order valence-electron chi connectivity index (χ3n) is 3.80. The Morgan fingerprint density at radius 2 is 1.87 bits per heavy atom. The second kappa shape index (κ2) is 5.31. The van der Waals surface area contributed by atoms with Gasteiger partial charge < -0.3 is 28.9 Å². The fourth-order valence-corrected chi connectivity index (χ4v) is 3.51. The van der Waals surface area contributed by atoms with E-state index in [9.17, 15) is 8.42 Å². The highest BCUT2D eigenvalue weighted by molar-refractivity contribution is 7.84. The van der Waals surface area contributed by atoms with Crippen molar-refractivity contribution < 1.29 is 41.5 Å². The van der Waals surface area contributed by atoms with Crippen LogP contribution in [0.15, 0.2) is 0 Å². The molecular formula is C12H21NO9S. The Bertz CT molecular complexity index is 577. The molecule has 134 valence electrons. The summed E-state index contributed by atoms with van der Waals surface area (Å²) < 4.78 is 56.3. The predicted molar refractivity (Wildman–Crippen MR) is 72.3 cm³/mol. The zero-order valence-electron chi connectivity index (χ0n) is 13.3. The Labute approximate surface area is 134 Å². The smallest absolute Gasteiger partial charge is 0.343 e. The maximum atomic E-state index is 11.3. The Balaban J connectivity index is 1.85. The van der Waals surface area contributed by atoms with E-state index in [0.717, 1.165) is 4.89 Å². The molecule has 3 unspecified atom stereocenters. The molecule has 3 rings (SSSR count). The van der Waals surface area contributed by atoms with Crippen LogP contribution in [0.25, 0.3) is 0 Å². The first-order valence-electron chi connectivity index (χ1n) is 7.15. The molecular weight excluding hydrogens is 334 g/mol. The van der Waals surface area contributed by atoms with Crippen LogP contribution in [-0.2, 0) is 38.2 Å². The van der Waals surface area contributed by atoms with Crippen LogP contribution in [0.5, 0.6) is 0 Å². The van der Waals surface area contributed by atoms with Gasteiger partial charge in [0, 0.05) is 0 Å². The van der Waals surface area contributed by atoms with Crippen LogP contribution >= 0.6 is 0 Å². The van der Waals surface area contributed by atoms with E-state index in [1.54, 1.807) is 27.7 Å². The lowest BCUT2D eigenvalue weighted by Crippen LogP contribution is -2.60. The third kappa shape index (κ3) is 3.25. The highest BCUT2D eigenvalue weighted by Crippen LogP contribution is 2.47. The summed E-state index contributed by atoms with van der Waals surface area (Å²) in [6.45, 7) is 6.50. The molecule has 23 heavy (non-hydrogen) atoms. The molecule has 3 saturated heterocycles. The van der Waals surface area contributed by atoms with Crippen molar-refractivity contribution >= 4 is 10.3 Å². The summed E-state index contributed by atoms with van der Waals surface area (Å²) >= 11 is 0. The summed E-state index contributed by atoms with van der Waals surface area (Å²) in [5.74, 6) is -3.34. The van der Waals surface area contributed by atoms with Gasteiger partial charge in [-0.2, -0.15) is 8.42 Å². The van der Waals surface area contributed by atoms with Crippen LogP contribution in [0.2, 0.25) is 0 Å². The van der Waals surface area contributed by atoms with Crippen LogP contribution in [0.3, 0.4) is 0 Å². The van der Waals surface area contributed by atoms with Crippen molar-refractivity contribution in [3.05, 3.63) is 0 Å². The highest BCUT2D eigenvalue weighted by Gasteiger charge is 2.65. The average Bonchev–Trinajstić information content (AvgIpc) is 2.88. The standard InChI is InChI=1S/C12H21NO9S/c1-10(2)19-7-5-17-12(6-18-23(15,16)13-14)9(8(7)20-10)21-11(3,4)22-12/h7-9,13-14H,5-6H2,1-4H3/t7?,8?,9?,12-/m0/s1. The van der Waals surface area contributed by atoms with Gasteiger partial charge in [-0.3, -0.25) is 4.18 Å². The SMILES string of the molecule is CC1(C)OC2CO[C@@]3(COS(=O)(=O)NO)OC(C)(C)OC3C2O1. The van der Waals surface area contributed by atoms with Gasteiger partial charge in [0.2, 0.25) is 5.79 Å². The fourth-order valence-electron chi connectivity index (χ4n) is 3.13. The van der Waals surface area contributed by atoms with Crippen molar-refractivity contribution in [3.8, 4) is 0 Å². The van der Waals surface area contributed by atoms with E-state index in [1.807, 2.05) is 0 Å². The van der Waals surface area contributed by atoms with E-state index in [4.69, 9.17) is 33.1 Å². The first-order chi connectivity index (χ1) is 10.5. The summed E-state index contributed by atoms with van der Waals surface area (Å²) in [7, 11) is -4.33. The Hall–Kier alpha value is -0.370.